The van der Waals surface area contributed by atoms with Crippen molar-refractivity contribution in [2.24, 2.45) is 0 Å². The van der Waals surface area contributed by atoms with Gasteiger partial charge in [0.25, 0.3) is 0 Å². The van der Waals surface area contributed by atoms with Gasteiger partial charge in [-0.15, -0.1) is 0 Å². The zero-order chi connectivity index (χ0) is 13.5. The van der Waals surface area contributed by atoms with Crippen LogP contribution >= 0.6 is 15.9 Å². The summed E-state index contributed by atoms with van der Waals surface area (Å²) in [6.07, 6.45) is 2.08. The second kappa shape index (κ2) is 6.82. The summed E-state index contributed by atoms with van der Waals surface area (Å²) in [5.41, 5.74) is 0.744. The lowest BCUT2D eigenvalue weighted by Crippen LogP contribution is -2.10. The Morgan fingerprint density at radius 3 is 2.89 bits per heavy atom. The van der Waals surface area contributed by atoms with Gasteiger partial charge in [-0.05, 0) is 31.2 Å². The predicted molar refractivity (Wildman–Crippen MR) is 70.9 cm³/mol. The van der Waals surface area contributed by atoms with E-state index >= 15 is 0 Å². The van der Waals surface area contributed by atoms with Crippen molar-refractivity contribution in [1.29, 1.82) is 5.26 Å². The SMILES string of the molecule is COc1ccc(Br)cc1/C=C/C(=O)O[C@H](C)C#N. The number of esters is 1. The number of halogens is 1. The first-order chi connectivity index (χ1) is 8.56. The number of nitriles is 1. The fourth-order valence-corrected chi connectivity index (χ4v) is 1.61. The first-order valence-corrected chi connectivity index (χ1v) is 5.98. The van der Waals surface area contributed by atoms with Crippen LogP contribution in [-0.2, 0) is 9.53 Å². The summed E-state index contributed by atoms with van der Waals surface area (Å²) in [6, 6.07) is 7.26. The van der Waals surface area contributed by atoms with Gasteiger partial charge in [0.15, 0.2) is 6.10 Å². The van der Waals surface area contributed by atoms with E-state index < -0.39 is 12.1 Å². The van der Waals surface area contributed by atoms with Crippen LogP contribution in [0.5, 0.6) is 5.75 Å². The van der Waals surface area contributed by atoms with E-state index in [1.165, 1.54) is 13.0 Å². The van der Waals surface area contributed by atoms with Crippen LogP contribution in [0.1, 0.15) is 12.5 Å². The molecule has 0 unspecified atom stereocenters. The summed E-state index contributed by atoms with van der Waals surface area (Å²) < 4.78 is 10.8. The fourth-order valence-electron chi connectivity index (χ4n) is 1.23. The summed E-state index contributed by atoms with van der Waals surface area (Å²) >= 11 is 3.34. The minimum atomic E-state index is -0.758. The Morgan fingerprint density at radius 2 is 2.28 bits per heavy atom. The molecule has 5 heteroatoms. The smallest absolute Gasteiger partial charge is 0.332 e. The van der Waals surface area contributed by atoms with Crippen LogP contribution in [0.2, 0.25) is 0 Å². The molecule has 0 fully saturated rings. The molecule has 0 amide bonds. The van der Waals surface area contributed by atoms with Gasteiger partial charge in [-0.2, -0.15) is 5.26 Å². The monoisotopic (exact) mass is 309 g/mol. The van der Waals surface area contributed by atoms with Crippen molar-refractivity contribution in [1.82, 2.24) is 0 Å². The number of hydrogen-bond donors (Lipinski definition) is 0. The lowest BCUT2D eigenvalue weighted by molar-refractivity contribution is -0.139. The van der Waals surface area contributed by atoms with E-state index in [4.69, 9.17) is 14.7 Å². The van der Waals surface area contributed by atoms with Crippen LogP contribution in [0.15, 0.2) is 28.7 Å². The third-order valence-corrected chi connectivity index (χ3v) is 2.56. The number of ether oxygens (including phenoxy) is 2. The molecule has 4 nitrogen and oxygen atoms in total. The molecular weight excluding hydrogens is 298 g/mol. The van der Waals surface area contributed by atoms with Gasteiger partial charge in [-0.1, -0.05) is 15.9 Å². The molecule has 0 N–H and O–H groups in total. The molecule has 1 aromatic rings. The van der Waals surface area contributed by atoms with Crippen molar-refractivity contribution in [3.8, 4) is 11.8 Å². The lowest BCUT2D eigenvalue weighted by Gasteiger charge is -2.05. The van der Waals surface area contributed by atoms with E-state index in [2.05, 4.69) is 15.9 Å². The number of hydrogen-bond acceptors (Lipinski definition) is 4. The first-order valence-electron chi connectivity index (χ1n) is 5.18. The standard InChI is InChI=1S/C13H12BrNO3/c1-9(8-15)18-13(16)6-3-10-7-11(14)4-5-12(10)17-2/h3-7,9H,1-2H3/b6-3+/t9-/m1/s1. The molecule has 18 heavy (non-hydrogen) atoms. The fraction of sp³-hybridized carbons (Fsp3) is 0.231. The minimum absolute atomic E-state index is 0.564. The second-order valence-electron chi connectivity index (χ2n) is 3.43. The average Bonchev–Trinajstić information content (AvgIpc) is 2.36. The molecule has 0 aliphatic heterocycles. The summed E-state index contributed by atoms with van der Waals surface area (Å²) in [5.74, 6) is 0.0849. The third kappa shape index (κ3) is 4.22. The Kier molecular flexibility index (Phi) is 5.40. The normalized spacial score (nSPS) is 11.9. The summed E-state index contributed by atoms with van der Waals surface area (Å²) in [7, 11) is 1.55. The van der Waals surface area contributed by atoms with Crippen molar-refractivity contribution in [2.75, 3.05) is 7.11 Å². The van der Waals surface area contributed by atoms with E-state index in [9.17, 15) is 4.79 Å². The third-order valence-electron chi connectivity index (χ3n) is 2.07. The molecule has 0 aliphatic rings. The van der Waals surface area contributed by atoms with E-state index in [1.54, 1.807) is 19.3 Å². The summed E-state index contributed by atoms with van der Waals surface area (Å²) in [4.78, 5) is 11.4. The van der Waals surface area contributed by atoms with Gasteiger partial charge in [0.2, 0.25) is 0 Å². The number of methoxy groups -OCH3 is 1. The van der Waals surface area contributed by atoms with Crippen LogP contribution in [0, 0.1) is 11.3 Å². The molecule has 0 bridgehead atoms. The Bertz CT molecular complexity index is 505. The van der Waals surface area contributed by atoms with Gasteiger partial charge in [0.1, 0.15) is 11.8 Å². The van der Waals surface area contributed by atoms with E-state index in [0.717, 1.165) is 10.0 Å². The van der Waals surface area contributed by atoms with Crippen molar-refractivity contribution in [3.05, 3.63) is 34.3 Å². The number of nitrogens with zero attached hydrogens (tertiary/aromatic N) is 1. The Balaban J connectivity index is 2.81. The van der Waals surface area contributed by atoms with Gasteiger partial charge in [-0.25, -0.2) is 4.79 Å². The predicted octanol–water partition coefficient (Wildman–Crippen LogP) is 2.93. The Labute approximate surface area is 114 Å². The zero-order valence-electron chi connectivity index (χ0n) is 10.0. The molecule has 1 atom stereocenters. The topological polar surface area (TPSA) is 59.3 Å². The highest BCUT2D eigenvalue weighted by molar-refractivity contribution is 9.10. The molecule has 0 aliphatic carbocycles. The molecule has 94 valence electrons. The molecular formula is C13H12BrNO3. The van der Waals surface area contributed by atoms with Gasteiger partial charge < -0.3 is 9.47 Å². The maximum Gasteiger partial charge on any atom is 0.332 e. The zero-order valence-corrected chi connectivity index (χ0v) is 11.6. The molecule has 0 aromatic heterocycles. The van der Waals surface area contributed by atoms with Crippen LogP contribution in [0.3, 0.4) is 0 Å². The van der Waals surface area contributed by atoms with Crippen molar-refractivity contribution in [3.63, 3.8) is 0 Å². The first kappa shape index (κ1) is 14.3. The Morgan fingerprint density at radius 1 is 1.56 bits per heavy atom. The number of carbonyl (C=O) groups excluding carboxylic acids is 1. The maximum absolute atomic E-state index is 11.4. The highest BCUT2D eigenvalue weighted by atomic mass is 79.9. The molecule has 0 saturated heterocycles. The number of benzene rings is 1. The number of rotatable bonds is 4. The maximum atomic E-state index is 11.4. The molecule has 0 heterocycles. The Hall–Kier alpha value is -1.80. The van der Waals surface area contributed by atoms with Crippen LogP contribution in [0.25, 0.3) is 6.08 Å². The quantitative estimate of drug-likeness (QED) is 0.634. The summed E-state index contributed by atoms with van der Waals surface area (Å²) in [5, 5.41) is 8.51. The van der Waals surface area contributed by atoms with Crippen LogP contribution in [0.4, 0.5) is 0 Å². The van der Waals surface area contributed by atoms with Gasteiger partial charge in [0.05, 0.1) is 7.11 Å². The molecule has 1 rings (SSSR count). The van der Waals surface area contributed by atoms with E-state index in [0.29, 0.717) is 5.75 Å². The second-order valence-corrected chi connectivity index (χ2v) is 4.34. The number of carbonyl (C=O) groups is 1. The van der Waals surface area contributed by atoms with Gasteiger partial charge in [0, 0.05) is 16.1 Å². The van der Waals surface area contributed by atoms with Crippen molar-refractivity contribution in [2.45, 2.75) is 13.0 Å². The molecule has 1 aromatic carbocycles. The van der Waals surface area contributed by atoms with Crippen LogP contribution < -0.4 is 4.74 Å². The van der Waals surface area contributed by atoms with Crippen LogP contribution in [-0.4, -0.2) is 19.2 Å². The van der Waals surface area contributed by atoms with E-state index in [1.807, 2.05) is 18.2 Å². The molecule has 0 radical (unpaired) electrons. The largest absolute Gasteiger partial charge is 0.496 e. The molecule has 0 saturated carbocycles. The van der Waals surface area contributed by atoms with Crippen molar-refractivity contribution >= 4 is 28.0 Å². The average molecular weight is 310 g/mol. The van der Waals surface area contributed by atoms with Gasteiger partial charge in [-0.3, -0.25) is 0 Å². The molecule has 0 spiro atoms. The summed E-state index contributed by atoms with van der Waals surface area (Å²) in [6.45, 7) is 1.51. The minimum Gasteiger partial charge on any atom is -0.496 e. The van der Waals surface area contributed by atoms with Crippen molar-refractivity contribution < 1.29 is 14.3 Å². The highest BCUT2D eigenvalue weighted by Crippen LogP contribution is 2.24. The highest BCUT2D eigenvalue weighted by Gasteiger charge is 2.05. The lowest BCUT2D eigenvalue weighted by atomic mass is 10.2. The van der Waals surface area contributed by atoms with E-state index in [-0.39, 0.29) is 0 Å². The van der Waals surface area contributed by atoms with Gasteiger partial charge >= 0.3 is 5.97 Å².